The van der Waals surface area contributed by atoms with Gasteiger partial charge in [0.05, 0.1) is 17.1 Å². The molecule has 2 aromatic heterocycles. The lowest BCUT2D eigenvalue weighted by Crippen LogP contribution is -2.51. The van der Waals surface area contributed by atoms with Crippen molar-refractivity contribution < 1.29 is 9.59 Å². The first kappa shape index (κ1) is 21.8. The lowest BCUT2D eigenvalue weighted by Gasteiger charge is -2.34. The monoisotopic (exact) mass is 434 g/mol. The Bertz CT molecular complexity index is 1130. The molecule has 168 valence electrons. The molecule has 3 aromatic rings. The van der Waals surface area contributed by atoms with Crippen molar-refractivity contribution in [2.45, 2.75) is 59.5 Å². The Morgan fingerprint density at radius 1 is 0.969 bits per heavy atom. The molecule has 0 spiro atoms. The van der Waals surface area contributed by atoms with Gasteiger partial charge in [0.2, 0.25) is 11.8 Å². The third-order valence-corrected chi connectivity index (χ3v) is 5.90. The summed E-state index contributed by atoms with van der Waals surface area (Å²) in [5.41, 5.74) is 5.48. The minimum Gasteiger partial charge on any atom is -0.329 e. The minimum atomic E-state index is -0.469. The summed E-state index contributed by atoms with van der Waals surface area (Å²) in [6.07, 6.45) is 2.50. The molecule has 1 N–H and O–H groups in total. The highest BCUT2D eigenvalue weighted by atomic mass is 16.2. The van der Waals surface area contributed by atoms with Crippen LogP contribution in [0.5, 0.6) is 0 Å². The number of likely N-dealkylation sites (tertiary alicyclic amines) is 1. The van der Waals surface area contributed by atoms with E-state index in [0.717, 1.165) is 41.3 Å². The first-order chi connectivity index (χ1) is 15.3. The molecule has 1 atom stereocenters. The van der Waals surface area contributed by atoms with Crippen LogP contribution < -0.4 is 5.32 Å². The normalized spacial score (nSPS) is 16.2. The number of piperidine rings is 1. The van der Waals surface area contributed by atoms with Crippen LogP contribution >= 0.6 is 0 Å². The maximum absolute atomic E-state index is 13.1. The van der Waals surface area contributed by atoms with Crippen molar-refractivity contribution in [1.82, 2.24) is 24.5 Å². The molecule has 8 nitrogen and oxygen atoms in total. The molecule has 1 unspecified atom stereocenters. The number of aryl methyl sites for hydroxylation is 4. The third kappa shape index (κ3) is 4.59. The van der Waals surface area contributed by atoms with Crippen LogP contribution in [0.1, 0.15) is 42.0 Å². The highest BCUT2D eigenvalue weighted by Crippen LogP contribution is 2.21. The average molecular weight is 435 g/mol. The van der Waals surface area contributed by atoms with E-state index in [9.17, 15) is 9.59 Å². The zero-order valence-corrected chi connectivity index (χ0v) is 19.1. The van der Waals surface area contributed by atoms with Gasteiger partial charge in [0.1, 0.15) is 12.6 Å². The van der Waals surface area contributed by atoms with Crippen LogP contribution in [0.2, 0.25) is 0 Å². The molecule has 8 heteroatoms. The predicted molar refractivity (Wildman–Crippen MR) is 123 cm³/mol. The first-order valence-corrected chi connectivity index (χ1v) is 11.1. The minimum absolute atomic E-state index is 0.0732. The van der Waals surface area contributed by atoms with Crippen LogP contribution in [-0.2, 0) is 16.1 Å². The van der Waals surface area contributed by atoms with Gasteiger partial charge in [-0.3, -0.25) is 14.3 Å². The lowest BCUT2D eigenvalue weighted by molar-refractivity contribution is -0.141. The summed E-state index contributed by atoms with van der Waals surface area (Å²) in [7, 11) is 0. The number of benzene rings is 1. The Balaban J connectivity index is 1.44. The predicted octanol–water partition coefficient (Wildman–Crippen LogP) is 3.32. The van der Waals surface area contributed by atoms with E-state index >= 15 is 0 Å². The van der Waals surface area contributed by atoms with Crippen LogP contribution in [-0.4, -0.2) is 48.9 Å². The number of aromatic nitrogens is 4. The van der Waals surface area contributed by atoms with Gasteiger partial charge < -0.3 is 10.2 Å². The van der Waals surface area contributed by atoms with Gasteiger partial charge in [-0.1, -0.05) is 0 Å². The van der Waals surface area contributed by atoms with Gasteiger partial charge in [-0.05, 0) is 83.4 Å². The molecule has 0 bridgehead atoms. The quantitative estimate of drug-likeness (QED) is 0.668. The van der Waals surface area contributed by atoms with E-state index in [-0.39, 0.29) is 18.4 Å². The highest BCUT2D eigenvalue weighted by Gasteiger charge is 2.32. The summed E-state index contributed by atoms with van der Waals surface area (Å²) in [5.74, 6) is -0.221. The summed E-state index contributed by atoms with van der Waals surface area (Å²) in [6, 6.07) is 11.1. The Kier molecular flexibility index (Phi) is 6.12. The van der Waals surface area contributed by atoms with Crippen LogP contribution in [0, 0.1) is 27.7 Å². The molecule has 1 fully saturated rings. The van der Waals surface area contributed by atoms with Gasteiger partial charge in [0, 0.05) is 23.6 Å². The summed E-state index contributed by atoms with van der Waals surface area (Å²) in [4.78, 5) is 27.8. The maximum Gasteiger partial charge on any atom is 0.247 e. The zero-order chi connectivity index (χ0) is 22.8. The van der Waals surface area contributed by atoms with Gasteiger partial charge in [-0.25, -0.2) is 4.68 Å². The van der Waals surface area contributed by atoms with Crippen molar-refractivity contribution >= 4 is 17.5 Å². The van der Waals surface area contributed by atoms with Crippen LogP contribution in [0.4, 0.5) is 5.69 Å². The Hall–Kier alpha value is -3.42. The molecule has 1 aliphatic heterocycles. The van der Waals surface area contributed by atoms with E-state index in [1.165, 1.54) is 0 Å². The third-order valence-electron chi connectivity index (χ3n) is 5.90. The molecule has 1 aliphatic rings. The van der Waals surface area contributed by atoms with Gasteiger partial charge in [0.15, 0.2) is 0 Å². The van der Waals surface area contributed by atoms with Crippen molar-refractivity contribution in [2.24, 2.45) is 0 Å². The van der Waals surface area contributed by atoms with Crippen molar-refractivity contribution in [1.29, 1.82) is 0 Å². The fourth-order valence-electron chi connectivity index (χ4n) is 4.36. The Morgan fingerprint density at radius 3 is 2.28 bits per heavy atom. The number of hydrogen-bond acceptors (Lipinski definition) is 4. The zero-order valence-electron chi connectivity index (χ0n) is 19.1. The lowest BCUT2D eigenvalue weighted by atomic mass is 10.0. The Morgan fingerprint density at radius 2 is 1.66 bits per heavy atom. The van der Waals surface area contributed by atoms with Crippen molar-refractivity contribution in [3.05, 3.63) is 59.2 Å². The second-order valence-corrected chi connectivity index (χ2v) is 8.56. The standard InChI is InChI=1S/C24H30N6O2/c1-16-13-18(3)29(26-16)15-23(31)28-12-6-5-7-22(28)24(32)25-20-8-10-21(11-9-20)30-19(4)14-17(2)27-30/h8-11,13-14,22H,5-7,12,15H2,1-4H3,(H,25,32). The Labute approximate surface area is 188 Å². The number of nitrogens with one attached hydrogen (secondary N) is 1. The van der Waals surface area contributed by atoms with Gasteiger partial charge in [-0.15, -0.1) is 0 Å². The van der Waals surface area contributed by atoms with E-state index in [2.05, 4.69) is 15.5 Å². The molecular weight excluding hydrogens is 404 g/mol. The van der Waals surface area contributed by atoms with Crippen LogP contribution in [0.15, 0.2) is 36.4 Å². The van der Waals surface area contributed by atoms with E-state index in [0.29, 0.717) is 18.7 Å². The van der Waals surface area contributed by atoms with E-state index in [4.69, 9.17) is 0 Å². The van der Waals surface area contributed by atoms with Gasteiger partial charge in [0.25, 0.3) is 0 Å². The molecule has 0 saturated carbocycles. The molecule has 32 heavy (non-hydrogen) atoms. The smallest absolute Gasteiger partial charge is 0.247 e. The highest BCUT2D eigenvalue weighted by molar-refractivity contribution is 5.97. The van der Waals surface area contributed by atoms with Crippen molar-refractivity contribution in [3.8, 4) is 5.69 Å². The SMILES string of the molecule is Cc1cc(C)n(CC(=O)N2CCCCC2C(=O)Nc2ccc(-n3nc(C)cc3C)cc2)n1. The van der Waals surface area contributed by atoms with E-state index < -0.39 is 6.04 Å². The molecule has 2 amide bonds. The molecule has 1 saturated heterocycles. The van der Waals surface area contributed by atoms with Crippen molar-refractivity contribution in [3.63, 3.8) is 0 Å². The molecule has 4 rings (SSSR count). The molecule has 1 aromatic carbocycles. The number of rotatable bonds is 5. The molecular formula is C24H30N6O2. The van der Waals surface area contributed by atoms with E-state index in [1.54, 1.807) is 9.58 Å². The van der Waals surface area contributed by atoms with Crippen LogP contribution in [0.3, 0.4) is 0 Å². The summed E-state index contributed by atoms with van der Waals surface area (Å²) >= 11 is 0. The topological polar surface area (TPSA) is 85.0 Å². The van der Waals surface area contributed by atoms with Crippen LogP contribution in [0.25, 0.3) is 5.69 Å². The fraction of sp³-hybridized carbons (Fsp3) is 0.417. The molecule has 0 aliphatic carbocycles. The molecule has 3 heterocycles. The largest absolute Gasteiger partial charge is 0.329 e. The second-order valence-electron chi connectivity index (χ2n) is 8.56. The summed E-state index contributed by atoms with van der Waals surface area (Å²) in [5, 5.41) is 11.9. The number of hydrogen-bond donors (Lipinski definition) is 1. The van der Waals surface area contributed by atoms with Gasteiger partial charge >= 0.3 is 0 Å². The van der Waals surface area contributed by atoms with Crippen molar-refractivity contribution in [2.75, 3.05) is 11.9 Å². The first-order valence-electron chi connectivity index (χ1n) is 11.1. The maximum atomic E-state index is 13.1. The van der Waals surface area contributed by atoms with Gasteiger partial charge in [-0.2, -0.15) is 10.2 Å². The second kappa shape index (κ2) is 8.98. The summed E-state index contributed by atoms with van der Waals surface area (Å²) in [6.45, 7) is 8.56. The fourth-order valence-corrected chi connectivity index (χ4v) is 4.36. The number of anilines is 1. The number of amides is 2. The number of nitrogens with zero attached hydrogens (tertiary/aromatic N) is 5. The molecule has 0 radical (unpaired) electrons. The number of carbonyl (C=O) groups is 2. The van der Waals surface area contributed by atoms with E-state index in [1.807, 2.05) is 68.8 Å². The average Bonchev–Trinajstić information content (AvgIpc) is 3.27. The summed E-state index contributed by atoms with van der Waals surface area (Å²) < 4.78 is 3.58. The number of carbonyl (C=O) groups excluding carboxylic acids is 2.